The number of benzene rings is 1. The lowest BCUT2D eigenvalue weighted by atomic mass is 10.2. The second kappa shape index (κ2) is 10.2. The van der Waals surface area contributed by atoms with E-state index in [1.165, 1.54) is 10.6 Å². The highest BCUT2D eigenvalue weighted by atomic mass is 19.1. The molecule has 7 rings (SSSR count). The van der Waals surface area contributed by atoms with Gasteiger partial charge in [-0.1, -0.05) is 0 Å². The number of alkyl halides is 1. The first-order valence-corrected chi connectivity index (χ1v) is 13.3. The second-order valence-corrected chi connectivity index (χ2v) is 10.1. The van der Waals surface area contributed by atoms with Gasteiger partial charge in [-0.3, -0.25) is 4.90 Å². The van der Waals surface area contributed by atoms with E-state index in [0.717, 1.165) is 6.07 Å². The van der Waals surface area contributed by atoms with Gasteiger partial charge in [0.2, 0.25) is 11.8 Å². The van der Waals surface area contributed by atoms with Gasteiger partial charge in [0.15, 0.2) is 40.3 Å². The van der Waals surface area contributed by atoms with Crippen LogP contribution in [0.2, 0.25) is 0 Å². The molecule has 2 atom stereocenters. The Bertz CT molecular complexity index is 1700. The van der Waals surface area contributed by atoms with Crippen molar-refractivity contribution >= 4 is 28.4 Å². The number of nitrogens with one attached hydrogen (secondary N) is 1. The van der Waals surface area contributed by atoms with Crippen LogP contribution in [0.5, 0.6) is 5.75 Å². The van der Waals surface area contributed by atoms with Gasteiger partial charge in [-0.2, -0.15) is 9.50 Å². The van der Waals surface area contributed by atoms with Crippen molar-refractivity contribution in [2.45, 2.75) is 18.8 Å². The monoisotopic (exact) mass is 568 g/mol. The highest BCUT2D eigenvalue weighted by Crippen LogP contribution is 2.31. The summed E-state index contributed by atoms with van der Waals surface area (Å²) in [5.41, 5.74) is 8.09. The van der Waals surface area contributed by atoms with E-state index in [4.69, 9.17) is 14.9 Å². The molecule has 0 unspecified atom stereocenters. The predicted octanol–water partition coefficient (Wildman–Crippen LogP) is 2.11. The van der Waals surface area contributed by atoms with Crippen molar-refractivity contribution in [2.24, 2.45) is 0 Å². The van der Waals surface area contributed by atoms with Crippen LogP contribution in [0.3, 0.4) is 0 Å². The number of rotatable bonds is 7. The molecule has 15 heteroatoms. The standard InChI is InChI=1S/C26H27F3N10O2/c27-15-10-16(28)20(41-21-13-31-12-17(21)29)11-18(15)37-6-3-36(4-7-37)5-8-38-14-32-22-24(38)34-26(30)39-25(22)33-23(35-39)19-2-1-9-40-19/h1-2,9-11,14,17,21,31H,3-8,12-13H2,(H2,30,34)/t17-,21+/m1/s1. The molecule has 3 N–H and O–H groups in total. The van der Waals surface area contributed by atoms with Gasteiger partial charge >= 0.3 is 0 Å². The number of furan rings is 1. The van der Waals surface area contributed by atoms with E-state index in [1.807, 2.05) is 9.47 Å². The van der Waals surface area contributed by atoms with Gasteiger partial charge in [0.05, 0.1) is 18.3 Å². The molecule has 2 saturated heterocycles. The van der Waals surface area contributed by atoms with Gasteiger partial charge in [0.25, 0.3) is 0 Å². The molecule has 2 aliphatic heterocycles. The molecule has 0 amide bonds. The Morgan fingerprint density at radius 1 is 1.05 bits per heavy atom. The largest absolute Gasteiger partial charge is 0.483 e. The second-order valence-electron chi connectivity index (χ2n) is 10.1. The molecule has 0 aliphatic carbocycles. The third kappa shape index (κ3) is 4.70. The number of ether oxygens (including phenoxy) is 1. The lowest BCUT2D eigenvalue weighted by Gasteiger charge is -2.36. The molecule has 0 spiro atoms. The SMILES string of the molecule is Nc1nc2c(ncn2CCN2CCN(c3cc(O[C@H]4CNC[C@H]4F)c(F)cc3F)CC2)c2nc(-c3ccco3)nn12. The van der Waals surface area contributed by atoms with Gasteiger partial charge in [0.1, 0.15) is 11.9 Å². The zero-order valence-corrected chi connectivity index (χ0v) is 21.9. The Hall–Kier alpha value is -4.37. The molecule has 6 heterocycles. The Morgan fingerprint density at radius 2 is 1.90 bits per heavy atom. The van der Waals surface area contributed by atoms with Gasteiger partial charge in [-0.05, 0) is 12.1 Å². The summed E-state index contributed by atoms with van der Waals surface area (Å²) in [6, 6.07) is 5.66. The molecule has 5 aromatic rings. The third-order valence-electron chi connectivity index (χ3n) is 7.55. The van der Waals surface area contributed by atoms with E-state index >= 15 is 0 Å². The van der Waals surface area contributed by atoms with E-state index < -0.39 is 23.9 Å². The van der Waals surface area contributed by atoms with Crippen LogP contribution in [-0.4, -0.2) is 92.1 Å². The first-order chi connectivity index (χ1) is 19.9. The average molecular weight is 569 g/mol. The average Bonchev–Trinajstić information content (AvgIpc) is 3.77. The predicted molar refractivity (Wildman–Crippen MR) is 143 cm³/mol. The number of anilines is 2. The Kier molecular flexibility index (Phi) is 6.38. The normalized spacial score (nSPS) is 20.0. The molecule has 0 radical (unpaired) electrons. The smallest absolute Gasteiger partial charge is 0.225 e. The summed E-state index contributed by atoms with van der Waals surface area (Å²) in [4.78, 5) is 17.7. The summed E-state index contributed by atoms with van der Waals surface area (Å²) in [7, 11) is 0. The summed E-state index contributed by atoms with van der Waals surface area (Å²) in [5.74, 6) is -0.564. The zero-order valence-electron chi connectivity index (χ0n) is 21.9. The highest BCUT2D eigenvalue weighted by Gasteiger charge is 2.30. The van der Waals surface area contributed by atoms with Gasteiger partial charge in [-0.15, -0.1) is 5.10 Å². The van der Waals surface area contributed by atoms with E-state index in [9.17, 15) is 13.2 Å². The first-order valence-electron chi connectivity index (χ1n) is 13.3. The summed E-state index contributed by atoms with van der Waals surface area (Å²) in [6.07, 6.45) is 1.20. The minimum Gasteiger partial charge on any atom is -0.483 e. The topological polar surface area (TPSA) is 128 Å². The first kappa shape index (κ1) is 25.6. The third-order valence-corrected chi connectivity index (χ3v) is 7.55. The number of halogens is 3. The molecule has 41 heavy (non-hydrogen) atoms. The fourth-order valence-corrected chi connectivity index (χ4v) is 5.32. The van der Waals surface area contributed by atoms with Crippen LogP contribution >= 0.6 is 0 Å². The van der Waals surface area contributed by atoms with Crippen molar-refractivity contribution in [3.8, 4) is 17.3 Å². The van der Waals surface area contributed by atoms with Crippen LogP contribution in [0, 0.1) is 11.6 Å². The summed E-state index contributed by atoms with van der Waals surface area (Å²) in [6.45, 7) is 4.11. The quantitative estimate of drug-likeness (QED) is 0.301. The lowest BCUT2D eigenvalue weighted by Crippen LogP contribution is -2.47. The van der Waals surface area contributed by atoms with Gasteiger partial charge < -0.3 is 29.7 Å². The molecule has 2 aliphatic rings. The molecule has 2 fully saturated rings. The number of nitrogen functional groups attached to an aromatic ring is 1. The van der Waals surface area contributed by atoms with Gasteiger partial charge in [0, 0.05) is 64.5 Å². The van der Waals surface area contributed by atoms with E-state index in [0.29, 0.717) is 67.7 Å². The maximum absolute atomic E-state index is 14.7. The van der Waals surface area contributed by atoms with Gasteiger partial charge in [-0.25, -0.2) is 23.1 Å². The van der Waals surface area contributed by atoms with Crippen LogP contribution < -0.4 is 20.7 Å². The summed E-state index contributed by atoms with van der Waals surface area (Å²) in [5, 5.41) is 7.26. The maximum Gasteiger partial charge on any atom is 0.225 e. The molecule has 0 bridgehead atoms. The fourth-order valence-electron chi connectivity index (χ4n) is 5.32. The van der Waals surface area contributed by atoms with Crippen LogP contribution in [0.4, 0.5) is 24.8 Å². The maximum atomic E-state index is 14.7. The molecule has 4 aromatic heterocycles. The van der Waals surface area contributed by atoms with E-state index in [1.54, 1.807) is 24.7 Å². The number of fused-ring (bicyclic) bond motifs is 3. The van der Waals surface area contributed by atoms with E-state index in [2.05, 4.69) is 30.3 Å². The molecule has 214 valence electrons. The van der Waals surface area contributed by atoms with Crippen molar-refractivity contribution in [1.29, 1.82) is 0 Å². The number of piperazine rings is 1. The Balaban J connectivity index is 1.02. The number of aromatic nitrogens is 6. The highest BCUT2D eigenvalue weighted by molar-refractivity contribution is 5.87. The minimum absolute atomic E-state index is 0.142. The summed E-state index contributed by atoms with van der Waals surface area (Å²) >= 11 is 0. The van der Waals surface area contributed by atoms with Crippen molar-refractivity contribution in [2.75, 3.05) is 56.4 Å². The van der Waals surface area contributed by atoms with Crippen molar-refractivity contribution < 1.29 is 22.3 Å². The zero-order chi connectivity index (χ0) is 28.1. The fraction of sp³-hybridized carbons (Fsp3) is 0.385. The van der Waals surface area contributed by atoms with Crippen molar-refractivity contribution in [3.05, 3.63) is 48.5 Å². The van der Waals surface area contributed by atoms with Crippen molar-refractivity contribution in [3.63, 3.8) is 0 Å². The van der Waals surface area contributed by atoms with Crippen LogP contribution in [-0.2, 0) is 6.54 Å². The van der Waals surface area contributed by atoms with Crippen LogP contribution in [0.25, 0.3) is 28.4 Å². The molecule has 1 aromatic carbocycles. The number of nitrogens with zero attached hydrogens (tertiary/aromatic N) is 8. The molecule has 12 nitrogen and oxygen atoms in total. The minimum atomic E-state index is -1.24. The Morgan fingerprint density at radius 3 is 2.66 bits per heavy atom. The molecular weight excluding hydrogens is 541 g/mol. The molecular formula is C26H27F3N10O2. The number of hydrogen-bond acceptors (Lipinski definition) is 10. The lowest BCUT2D eigenvalue weighted by molar-refractivity contribution is 0.134. The van der Waals surface area contributed by atoms with Crippen LogP contribution in [0.1, 0.15) is 0 Å². The molecule has 0 saturated carbocycles. The summed E-state index contributed by atoms with van der Waals surface area (Å²) < 4.78 is 57.4. The number of imidazole rings is 1. The van der Waals surface area contributed by atoms with E-state index in [-0.39, 0.29) is 30.5 Å². The number of hydrogen-bond donors (Lipinski definition) is 2. The number of nitrogens with two attached hydrogens (primary N) is 1. The Labute approximate surface area is 231 Å². The van der Waals surface area contributed by atoms with Crippen molar-refractivity contribution in [1.82, 2.24) is 39.3 Å². The van der Waals surface area contributed by atoms with Crippen LogP contribution in [0.15, 0.2) is 41.3 Å².